The predicted molar refractivity (Wildman–Crippen MR) is 121 cm³/mol. The molecule has 1 saturated heterocycles. The maximum absolute atomic E-state index is 12.9. The average Bonchev–Trinajstić information content (AvgIpc) is 3.03. The number of halogens is 2. The molecular weight excluding hydrogens is 437 g/mol. The summed E-state index contributed by atoms with van der Waals surface area (Å²) in [7, 11) is 0. The summed E-state index contributed by atoms with van der Waals surface area (Å²) in [6, 6.07) is 13.2. The highest BCUT2D eigenvalue weighted by molar-refractivity contribution is 6.31. The van der Waals surface area contributed by atoms with E-state index in [4.69, 9.17) is 33.0 Å². The van der Waals surface area contributed by atoms with E-state index in [0.29, 0.717) is 28.6 Å². The second-order valence-corrected chi connectivity index (χ2v) is 9.28. The first-order valence-corrected chi connectivity index (χ1v) is 11.4. The van der Waals surface area contributed by atoms with Crippen LogP contribution >= 0.6 is 23.2 Å². The lowest BCUT2D eigenvalue weighted by atomic mass is 9.55. The minimum absolute atomic E-state index is 0.0209. The van der Waals surface area contributed by atoms with Gasteiger partial charge in [0, 0.05) is 16.0 Å². The molecule has 4 rings (SSSR count). The monoisotopic (exact) mass is 463 g/mol. The number of benzene rings is 2. The first-order chi connectivity index (χ1) is 14.9. The molecule has 31 heavy (non-hydrogen) atoms. The highest BCUT2D eigenvalue weighted by Crippen LogP contribution is 2.60. The molecule has 1 aliphatic heterocycles. The molecule has 0 bridgehead atoms. The summed E-state index contributed by atoms with van der Waals surface area (Å²) in [6.07, 6.45) is 1.21. The summed E-state index contributed by atoms with van der Waals surface area (Å²) in [5.74, 6) is 0.173. The number of rotatable bonds is 6. The molecule has 0 spiro atoms. The summed E-state index contributed by atoms with van der Waals surface area (Å²) in [5, 5.41) is 23.9. The van der Waals surface area contributed by atoms with Gasteiger partial charge in [0.25, 0.3) is 0 Å². The second kappa shape index (κ2) is 8.99. The molecule has 5 nitrogen and oxygen atoms in total. The molecule has 0 radical (unpaired) electrons. The van der Waals surface area contributed by atoms with E-state index in [0.717, 1.165) is 17.5 Å². The van der Waals surface area contributed by atoms with E-state index in [1.54, 1.807) is 6.07 Å². The largest absolute Gasteiger partial charge is 0.491 e. The zero-order valence-electron chi connectivity index (χ0n) is 17.4. The van der Waals surface area contributed by atoms with Crippen LogP contribution < -0.4 is 10.1 Å². The fourth-order valence-electron chi connectivity index (χ4n) is 5.59. The van der Waals surface area contributed by atoms with E-state index >= 15 is 0 Å². The Hall–Kier alpha value is -1.79. The van der Waals surface area contributed by atoms with Crippen molar-refractivity contribution in [1.82, 2.24) is 5.32 Å². The number of ether oxygens (including phenoxy) is 1. The number of hydrogen-bond acceptors (Lipinski definition) is 4. The lowest BCUT2D eigenvalue weighted by Crippen LogP contribution is -2.44. The average molecular weight is 464 g/mol. The Labute approximate surface area is 192 Å². The zero-order chi connectivity index (χ0) is 22.2. The van der Waals surface area contributed by atoms with Crippen LogP contribution in [0.2, 0.25) is 10.0 Å². The van der Waals surface area contributed by atoms with Crippen LogP contribution in [-0.4, -0.2) is 35.6 Å². The third-order valence-electron chi connectivity index (χ3n) is 7.05. The molecule has 166 valence electrons. The summed E-state index contributed by atoms with van der Waals surface area (Å²) < 4.78 is 5.49. The van der Waals surface area contributed by atoms with Crippen molar-refractivity contribution in [3.63, 3.8) is 0 Å². The normalized spacial score (nSPS) is 30.0. The molecule has 1 heterocycles. The van der Waals surface area contributed by atoms with Crippen molar-refractivity contribution < 1.29 is 19.7 Å². The van der Waals surface area contributed by atoms with Crippen molar-refractivity contribution in [2.24, 2.45) is 11.3 Å². The van der Waals surface area contributed by atoms with Crippen molar-refractivity contribution >= 4 is 29.1 Å². The first-order valence-electron chi connectivity index (χ1n) is 10.7. The van der Waals surface area contributed by atoms with Crippen LogP contribution in [0.3, 0.4) is 0 Å². The Morgan fingerprint density at radius 3 is 2.58 bits per heavy atom. The van der Waals surface area contributed by atoms with E-state index in [1.165, 1.54) is 0 Å². The molecule has 7 heteroatoms. The van der Waals surface area contributed by atoms with Crippen LogP contribution in [0.5, 0.6) is 5.75 Å². The third kappa shape index (κ3) is 3.93. The van der Waals surface area contributed by atoms with Crippen molar-refractivity contribution in [1.29, 1.82) is 0 Å². The Bertz CT molecular complexity index is 951. The maximum Gasteiger partial charge on any atom is 0.228 e. The minimum Gasteiger partial charge on any atom is -0.491 e. The lowest BCUT2D eigenvalue weighted by molar-refractivity contribution is -0.131. The van der Waals surface area contributed by atoms with Crippen LogP contribution in [0.15, 0.2) is 42.5 Å². The molecule has 1 aliphatic carbocycles. The van der Waals surface area contributed by atoms with Crippen molar-refractivity contribution in [3.05, 3.63) is 63.6 Å². The highest BCUT2D eigenvalue weighted by Gasteiger charge is 2.60. The van der Waals surface area contributed by atoms with E-state index < -0.39 is 11.6 Å². The van der Waals surface area contributed by atoms with Crippen LogP contribution in [0.1, 0.15) is 49.1 Å². The lowest BCUT2D eigenvalue weighted by Gasteiger charge is -2.47. The highest BCUT2D eigenvalue weighted by atomic mass is 35.5. The van der Waals surface area contributed by atoms with Crippen molar-refractivity contribution in [2.75, 3.05) is 13.2 Å². The maximum atomic E-state index is 12.9. The van der Waals surface area contributed by atoms with Crippen LogP contribution in [0, 0.1) is 11.3 Å². The van der Waals surface area contributed by atoms with Gasteiger partial charge in [0.05, 0.1) is 12.0 Å². The fourth-order valence-corrected chi connectivity index (χ4v) is 6.03. The van der Waals surface area contributed by atoms with Crippen molar-refractivity contribution in [3.8, 4) is 5.75 Å². The number of carbonyl (C=O) groups is 1. The van der Waals surface area contributed by atoms with Gasteiger partial charge in [-0.1, -0.05) is 48.3 Å². The van der Waals surface area contributed by atoms with Gasteiger partial charge in [-0.15, -0.1) is 0 Å². The third-order valence-corrected chi connectivity index (χ3v) is 7.63. The number of aliphatic hydroxyl groups excluding tert-OH is 2. The van der Waals surface area contributed by atoms with Gasteiger partial charge in [-0.05, 0) is 66.5 Å². The molecular formula is C24H27Cl2NO4. The van der Waals surface area contributed by atoms with E-state index in [2.05, 4.69) is 5.32 Å². The molecule has 2 aromatic rings. The quantitative estimate of drug-likeness (QED) is 0.589. The molecule has 3 N–H and O–H groups in total. The summed E-state index contributed by atoms with van der Waals surface area (Å²) in [5.41, 5.74) is 1.40. The minimum atomic E-state index is -0.915. The summed E-state index contributed by atoms with van der Waals surface area (Å²) in [6.45, 7) is 2.15. The number of nitrogens with one attached hydrogen (secondary N) is 1. The topological polar surface area (TPSA) is 78.8 Å². The fraction of sp³-hybridized carbons (Fsp3) is 0.458. The van der Waals surface area contributed by atoms with Gasteiger partial charge in [0.1, 0.15) is 18.6 Å². The van der Waals surface area contributed by atoms with Crippen LogP contribution in [-0.2, 0) is 4.79 Å². The van der Waals surface area contributed by atoms with Gasteiger partial charge >= 0.3 is 0 Å². The number of fused-ring (bicyclic) bond motifs is 1. The standard InChI is InChI=1S/C24H27Cl2NO4/c1-2-24-10-9-18(17-8-7-16(13-19(17)26)31-12-11-28)20(14-3-5-15(25)6-4-14)21(24)22(29)27-23(24)30/h3-8,13,18,20-22,28-29H,2,9-12H2,1H3,(H,27,30)/t18-,20-,21+,22?,24+/m0/s1. The van der Waals surface area contributed by atoms with Gasteiger partial charge < -0.3 is 20.3 Å². The Kier molecular flexibility index (Phi) is 6.50. The molecule has 0 aromatic heterocycles. The molecule has 2 aromatic carbocycles. The van der Waals surface area contributed by atoms with Crippen LogP contribution in [0.4, 0.5) is 0 Å². The molecule has 5 atom stereocenters. The summed E-state index contributed by atoms with van der Waals surface area (Å²) in [4.78, 5) is 12.9. The Balaban J connectivity index is 1.79. The number of aliphatic hydroxyl groups is 2. The number of hydrogen-bond donors (Lipinski definition) is 3. The van der Waals surface area contributed by atoms with Gasteiger partial charge in [0.15, 0.2) is 0 Å². The van der Waals surface area contributed by atoms with Crippen LogP contribution in [0.25, 0.3) is 0 Å². The van der Waals surface area contributed by atoms with Gasteiger partial charge in [0.2, 0.25) is 5.91 Å². The van der Waals surface area contributed by atoms with Gasteiger partial charge in [-0.2, -0.15) is 0 Å². The molecule has 2 aliphatic rings. The molecule has 1 saturated carbocycles. The Morgan fingerprint density at radius 1 is 1.19 bits per heavy atom. The van der Waals surface area contributed by atoms with E-state index in [9.17, 15) is 9.90 Å². The molecule has 1 unspecified atom stereocenters. The predicted octanol–water partition coefficient (Wildman–Crippen LogP) is 4.49. The number of carbonyl (C=O) groups excluding carboxylic acids is 1. The van der Waals surface area contributed by atoms with Gasteiger partial charge in [-0.25, -0.2) is 0 Å². The first kappa shape index (κ1) is 22.4. The SMILES string of the molecule is CC[C@@]12CC[C@@H](c3ccc(OCCO)cc3Cl)[C@H](c3ccc(Cl)cc3)[C@@H]1C(O)NC2=O. The Morgan fingerprint density at radius 2 is 1.94 bits per heavy atom. The molecule has 2 fully saturated rings. The van der Waals surface area contributed by atoms with E-state index in [-0.39, 0.29) is 36.9 Å². The van der Waals surface area contributed by atoms with Gasteiger partial charge in [-0.3, -0.25) is 4.79 Å². The summed E-state index contributed by atoms with van der Waals surface area (Å²) >= 11 is 12.8. The second-order valence-electron chi connectivity index (χ2n) is 8.43. The number of amides is 1. The smallest absolute Gasteiger partial charge is 0.228 e. The van der Waals surface area contributed by atoms with E-state index in [1.807, 2.05) is 43.3 Å². The van der Waals surface area contributed by atoms with Crippen molar-refractivity contribution in [2.45, 2.75) is 44.2 Å². The zero-order valence-corrected chi connectivity index (χ0v) is 18.9. The molecule has 1 amide bonds.